The summed E-state index contributed by atoms with van der Waals surface area (Å²) in [5.41, 5.74) is 8.42. The van der Waals surface area contributed by atoms with Crippen LogP contribution in [0.25, 0.3) is 0 Å². The molecule has 0 saturated heterocycles. The third-order valence-electron chi connectivity index (χ3n) is 2.99. The Labute approximate surface area is 124 Å². The van der Waals surface area contributed by atoms with Crippen molar-refractivity contribution in [2.75, 3.05) is 11.1 Å². The number of nitrogens with two attached hydrogens (primary N) is 1. The predicted molar refractivity (Wildman–Crippen MR) is 87.1 cm³/mol. The summed E-state index contributed by atoms with van der Waals surface area (Å²) in [5.74, 6) is 1.61. The molecule has 0 bridgehead atoms. The molecule has 3 rings (SSSR count). The molecule has 0 atom stereocenters. The van der Waals surface area contributed by atoms with Crippen molar-refractivity contribution in [2.45, 2.75) is 0 Å². The van der Waals surface area contributed by atoms with Gasteiger partial charge in [0.25, 0.3) is 0 Å². The number of ether oxygens (including phenoxy) is 1. The average molecular weight is 276 g/mol. The van der Waals surface area contributed by atoms with Crippen LogP contribution in [0.15, 0.2) is 78.9 Å². The third kappa shape index (κ3) is 3.54. The van der Waals surface area contributed by atoms with Crippen LogP contribution in [0.3, 0.4) is 0 Å². The second kappa shape index (κ2) is 6.01. The van der Waals surface area contributed by atoms with E-state index in [2.05, 4.69) is 5.32 Å². The van der Waals surface area contributed by atoms with Crippen LogP contribution < -0.4 is 15.8 Å². The minimum atomic E-state index is 0.733. The average Bonchev–Trinajstić information content (AvgIpc) is 2.49. The Morgan fingerprint density at radius 1 is 0.667 bits per heavy atom. The van der Waals surface area contributed by atoms with E-state index >= 15 is 0 Å². The first-order valence-corrected chi connectivity index (χ1v) is 6.75. The van der Waals surface area contributed by atoms with Gasteiger partial charge >= 0.3 is 0 Å². The number of nitrogens with one attached hydrogen (secondary N) is 1. The largest absolute Gasteiger partial charge is 0.457 e. The van der Waals surface area contributed by atoms with Gasteiger partial charge in [-0.1, -0.05) is 30.3 Å². The second-order valence-corrected chi connectivity index (χ2v) is 4.69. The first-order valence-electron chi connectivity index (χ1n) is 6.75. The molecule has 3 aromatic carbocycles. The summed E-state index contributed by atoms with van der Waals surface area (Å²) in [6.45, 7) is 0. The lowest BCUT2D eigenvalue weighted by atomic mass is 10.2. The van der Waals surface area contributed by atoms with Gasteiger partial charge in [-0.05, 0) is 42.5 Å². The molecule has 21 heavy (non-hydrogen) atoms. The van der Waals surface area contributed by atoms with E-state index in [1.807, 2.05) is 78.9 Å². The lowest BCUT2D eigenvalue weighted by molar-refractivity contribution is 0.483. The maximum absolute atomic E-state index is 5.82. The summed E-state index contributed by atoms with van der Waals surface area (Å²) < 4.78 is 5.82. The molecular weight excluding hydrogens is 260 g/mol. The standard InChI is InChI=1S/C18H16N2O/c19-14-6-4-7-15(12-14)20-16-8-5-11-18(13-16)21-17-9-2-1-3-10-17/h1-13,20H,19H2. The Bertz CT molecular complexity index is 726. The van der Waals surface area contributed by atoms with E-state index in [9.17, 15) is 0 Å². The van der Waals surface area contributed by atoms with Gasteiger partial charge in [0.05, 0.1) is 0 Å². The Morgan fingerprint density at radius 2 is 1.33 bits per heavy atom. The SMILES string of the molecule is Nc1cccc(Nc2cccc(Oc3ccccc3)c2)c1. The van der Waals surface area contributed by atoms with Gasteiger partial charge in [0.1, 0.15) is 11.5 Å². The van der Waals surface area contributed by atoms with E-state index in [1.165, 1.54) is 0 Å². The number of rotatable bonds is 4. The molecule has 0 saturated carbocycles. The number of nitrogen functional groups attached to an aromatic ring is 1. The van der Waals surface area contributed by atoms with Crippen molar-refractivity contribution in [3.63, 3.8) is 0 Å². The van der Waals surface area contributed by atoms with Crippen LogP contribution in [0.5, 0.6) is 11.5 Å². The molecule has 0 amide bonds. The van der Waals surface area contributed by atoms with Crippen molar-refractivity contribution in [3.8, 4) is 11.5 Å². The van der Waals surface area contributed by atoms with Crippen LogP contribution in [0.4, 0.5) is 17.1 Å². The van der Waals surface area contributed by atoms with Crippen molar-refractivity contribution in [3.05, 3.63) is 78.9 Å². The molecule has 104 valence electrons. The molecule has 3 aromatic rings. The molecule has 0 radical (unpaired) electrons. The van der Waals surface area contributed by atoms with E-state index in [0.29, 0.717) is 0 Å². The van der Waals surface area contributed by atoms with Crippen molar-refractivity contribution < 1.29 is 4.74 Å². The smallest absolute Gasteiger partial charge is 0.129 e. The summed E-state index contributed by atoms with van der Waals surface area (Å²) in [6.07, 6.45) is 0. The maximum atomic E-state index is 5.82. The van der Waals surface area contributed by atoms with E-state index in [-0.39, 0.29) is 0 Å². The van der Waals surface area contributed by atoms with Gasteiger partial charge in [0, 0.05) is 23.1 Å². The molecule has 0 spiro atoms. The normalized spacial score (nSPS) is 10.1. The fraction of sp³-hybridized carbons (Fsp3) is 0. The first kappa shape index (κ1) is 13.1. The van der Waals surface area contributed by atoms with E-state index < -0.39 is 0 Å². The van der Waals surface area contributed by atoms with Crippen LogP contribution in [-0.2, 0) is 0 Å². The lowest BCUT2D eigenvalue weighted by Gasteiger charge is -2.10. The molecule has 3 nitrogen and oxygen atoms in total. The van der Waals surface area contributed by atoms with Gasteiger partial charge in [-0.3, -0.25) is 0 Å². The molecule has 0 fully saturated rings. The Morgan fingerprint density at radius 3 is 2.10 bits per heavy atom. The van der Waals surface area contributed by atoms with Crippen molar-refractivity contribution in [1.29, 1.82) is 0 Å². The van der Waals surface area contributed by atoms with Crippen LogP contribution in [0.1, 0.15) is 0 Å². The highest BCUT2D eigenvalue weighted by atomic mass is 16.5. The first-order chi connectivity index (χ1) is 10.3. The summed E-state index contributed by atoms with van der Waals surface area (Å²) in [4.78, 5) is 0. The Hall–Kier alpha value is -2.94. The highest BCUT2D eigenvalue weighted by Crippen LogP contribution is 2.26. The topological polar surface area (TPSA) is 47.3 Å². The minimum absolute atomic E-state index is 0.733. The highest BCUT2D eigenvalue weighted by Gasteiger charge is 2.00. The van der Waals surface area contributed by atoms with Crippen LogP contribution in [0, 0.1) is 0 Å². The Kier molecular flexibility index (Phi) is 3.74. The van der Waals surface area contributed by atoms with E-state index in [0.717, 1.165) is 28.6 Å². The van der Waals surface area contributed by atoms with Gasteiger partial charge in [0.2, 0.25) is 0 Å². The zero-order valence-corrected chi connectivity index (χ0v) is 11.5. The zero-order chi connectivity index (χ0) is 14.5. The van der Waals surface area contributed by atoms with Crippen molar-refractivity contribution in [1.82, 2.24) is 0 Å². The van der Waals surface area contributed by atoms with Gasteiger partial charge in [-0.2, -0.15) is 0 Å². The molecule has 3 N–H and O–H groups in total. The summed E-state index contributed by atoms with van der Waals surface area (Å²) in [5, 5.41) is 3.31. The second-order valence-electron chi connectivity index (χ2n) is 4.69. The molecule has 0 heterocycles. The third-order valence-corrected chi connectivity index (χ3v) is 2.99. The maximum Gasteiger partial charge on any atom is 0.129 e. The highest BCUT2D eigenvalue weighted by molar-refractivity contribution is 5.64. The van der Waals surface area contributed by atoms with Gasteiger partial charge in [-0.15, -0.1) is 0 Å². The molecule has 3 heteroatoms. The number of benzene rings is 3. The molecule has 0 aliphatic carbocycles. The van der Waals surface area contributed by atoms with Crippen molar-refractivity contribution in [2.24, 2.45) is 0 Å². The Balaban J connectivity index is 1.77. The molecule has 0 aliphatic heterocycles. The molecule has 0 aromatic heterocycles. The summed E-state index contributed by atoms with van der Waals surface area (Å²) in [6, 6.07) is 25.2. The summed E-state index contributed by atoms with van der Waals surface area (Å²) in [7, 11) is 0. The fourth-order valence-electron chi connectivity index (χ4n) is 2.05. The minimum Gasteiger partial charge on any atom is -0.457 e. The van der Waals surface area contributed by atoms with Crippen molar-refractivity contribution >= 4 is 17.1 Å². The van der Waals surface area contributed by atoms with E-state index in [4.69, 9.17) is 10.5 Å². The van der Waals surface area contributed by atoms with Crippen LogP contribution in [0.2, 0.25) is 0 Å². The summed E-state index contributed by atoms with van der Waals surface area (Å²) >= 11 is 0. The fourth-order valence-corrected chi connectivity index (χ4v) is 2.05. The number of hydrogen-bond acceptors (Lipinski definition) is 3. The molecule has 0 aliphatic rings. The quantitative estimate of drug-likeness (QED) is 0.672. The molecular formula is C18H16N2O. The zero-order valence-electron chi connectivity index (χ0n) is 11.5. The van der Waals surface area contributed by atoms with Crippen LogP contribution in [-0.4, -0.2) is 0 Å². The van der Waals surface area contributed by atoms with Gasteiger partial charge in [0.15, 0.2) is 0 Å². The van der Waals surface area contributed by atoms with Gasteiger partial charge in [-0.25, -0.2) is 0 Å². The monoisotopic (exact) mass is 276 g/mol. The van der Waals surface area contributed by atoms with Crippen LogP contribution >= 0.6 is 0 Å². The number of hydrogen-bond donors (Lipinski definition) is 2. The molecule has 0 unspecified atom stereocenters. The predicted octanol–water partition coefficient (Wildman–Crippen LogP) is 4.80. The van der Waals surface area contributed by atoms with Gasteiger partial charge < -0.3 is 15.8 Å². The number of anilines is 3. The number of para-hydroxylation sites is 1. The van der Waals surface area contributed by atoms with E-state index in [1.54, 1.807) is 0 Å². The lowest BCUT2D eigenvalue weighted by Crippen LogP contribution is -1.92.